The van der Waals surface area contributed by atoms with Gasteiger partial charge in [0.2, 0.25) is 0 Å². The largest absolute Gasteiger partial charge is 0.383 e. The fourth-order valence-corrected chi connectivity index (χ4v) is 3.09. The third-order valence-corrected chi connectivity index (χ3v) is 4.77. The molecule has 0 aliphatic rings. The van der Waals surface area contributed by atoms with Crippen molar-refractivity contribution in [2.45, 2.75) is 52.5 Å². The Morgan fingerprint density at radius 2 is 1.77 bits per heavy atom. The highest BCUT2D eigenvalue weighted by Crippen LogP contribution is 2.22. The van der Waals surface area contributed by atoms with Crippen molar-refractivity contribution in [2.24, 2.45) is 0 Å². The molecule has 1 amide bonds. The molecule has 2 aromatic rings. The monoisotopic (exact) mass is 417 g/mol. The molecule has 10 nitrogen and oxygen atoms in total. The molecule has 0 radical (unpaired) electrons. The Morgan fingerprint density at radius 3 is 2.33 bits per heavy atom. The van der Waals surface area contributed by atoms with Gasteiger partial charge in [0, 0.05) is 30.8 Å². The van der Waals surface area contributed by atoms with Crippen molar-refractivity contribution in [3.63, 3.8) is 0 Å². The Bertz CT molecular complexity index is 1010. The first-order chi connectivity index (χ1) is 14.3. The predicted octanol–water partition coefficient (Wildman–Crippen LogP) is 2.66. The van der Waals surface area contributed by atoms with Gasteiger partial charge < -0.3 is 10.6 Å². The van der Waals surface area contributed by atoms with E-state index in [4.69, 9.17) is 5.73 Å². The number of hydrogen-bond acceptors (Lipinski definition) is 6. The average molecular weight is 417 g/mol. The summed E-state index contributed by atoms with van der Waals surface area (Å²) in [6, 6.07) is 5.13. The molecule has 0 aliphatic carbocycles. The van der Waals surface area contributed by atoms with Crippen molar-refractivity contribution in [3.8, 4) is 0 Å². The number of nitro groups is 1. The number of H-pyrrole nitrogens is 1. The van der Waals surface area contributed by atoms with Crippen LogP contribution in [0.1, 0.15) is 56.3 Å². The van der Waals surface area contributed by atoms with Crippen LogP contribution in [0, 0.1) is 10.1 Å². The Hall–Kier alpha value is -3.43. The van der Waals surface area contributed by atoms with Crippen LogP contribution in [0.4, 0.5) is 17.2 Å². The number of amides is 1. The molecule has 10 heteroatoms. The second kappa shape index (κ2) is 10.4. The number of nitrogens with two attached hydrogens (primary N) is 1. The third-order valence-electron chi connectivity index (χ3n) is 4.77. The highest BCUT2D eigenvalue weighted by atomic mass is 16.6. The van der Waals surface area contributed by atoms with Gasteiger partial charge in [-0.2, -0.15) is 0 Å². The first-order valence-corrected chi connectivity index (χ1v) is 10.0. The molecular formula is C20H27N5O5. The maximum atomic E-state index is 13.2. The maximum absolute atomic E-state index is 13.2. The van der Waals surface area contributed by atoms with Gasteiger partial charge in [-0.05, 0) is 25.0 Å². The molecule has 0 saturated heterocycles. The number of nitrogen functional groups attached to an aromatic ring is 1. The number of unbranched alkanes of at least 4 members (excludes halogenated alkanes) is 3. The number of rotatable bonds is 10. The highest BCUT2D eigenvalue weighted by Gasteiger charge is 2.25. The van der Waals surface area contributed by atoms with Crippen LogP contribution in [0.5, 0.6) is 0 Å². The predicted molar refractivity (Wildman–Crippen MR) is 115 cm³/mol. The molecule has 0 aliphatic heterocycles. The molecule has 0 unspecified atom stereocenters. The second-order valence-corrected chi connectivity index (χ2v) is 6.97. The van der Waals surface area contributed by atoms with E-state index in [-0.39, 0.29) is 29.3 Å². The van der Waals surface area contributed by atoms with E-state index < -0.39 is 22.1 Å². The summed E-state index contributed by atoms with van der Waals surface area (Å²) >= 11 is 0. The second-order valence-electron chi connectivity index (χ2n) is 6.97. The van der Waals surface area contributed by atoms with Crippen LogP contribution >= 0.6 is 0 Å². The number of carbonyl (C=O) groups excluding carboxylic acids is 1. The summed E-state index contributed by atoms with van der Waals surface area (Å²) in [4.78, 5) is 51.8. The number of nitro benzene ring substituents is 1. The summed E-state index contributed by atoms with van der Waals surface area (Å²) in [6.45, 7) is 4.51. The standard InChI is InChI=1S/C20H27N5O5/c1-3-5-7-13-23(19(27)14-8-10-15(11-9-14)25(29)30)16-17(21)24(12-6-4-2)20(28)22-18(16)26/h8-11H,3-7,12-13,21H2,1-2H3,(H,22,26,28). The van der Waals surface area contributed by atoms with Crippen LogP contribution in [-0.2, 0) is 6.54 Å². The first kappa shape index (κ1) is 22.9. The van der Waals surface area contributed by atoms with Gasteiger partial charge >= 0.3 is 5.69 Å². The number of benzene rings is 1. The van der Waals surface area contributed by atoms with E-state index in [2.05, 4.69) is 4.98 Å². The number of non-ortho nitro benzene ring substituents is 1. The lowest BCUT2D eigenvalue weighted by molar-refractivity contribution is -0.384. The Kier molecular flexibility index (Phi) is 7.90. The van der Waals surface area contributed by atoms with Gasteiger partial charge in [0.05, 0.1) is 4.92 Å². The van der Waals surface area contributed by atoms with Crippen LogP contribution in [0.2, 0.25) is 0 Å². The Labute approximate surface area is 173 Å². The van der Waals surface area contributed by atoms with Gasteiger partial charge in [0.1, 0.15) is 5.82 Å². The fourth-order valence-electron chi connectivity index (χ4n) is 3.09. The van der Waals surface area contributed by atoms with Gasteiger partial charge in [-0.3, -0.25) is 29.3 Å². The van der Waals surface area contributed by atoms with Crippen molar-refractivity contribution < 1.29 is 9.72 Å². The zero-order valence-corrected chi connectivity index (χ0v) is 17.2. The van der Waals surface area contributed by atoms with Crippen molar-refractivity contribution in [1.29, 1.82) is 0 Å². The lowest BCUT2D eigenvalue weighted by Crippen LogP contribution is -2.41. The molecule has 0 spiro atoms. The third kappa shape index (κ3) is 5.13. The summed E-state index contributed by atoms with van der Waals surface area (Å²) < 4.78 is 1.26. The topological polar surface area (TPSA) is 144 Å². The first-order valence-electron chi connectivity index (χ1n) is 10.0. The van der Waals surface area contributed by atoms with E-state index in [1.54, 1.807) is 0 Å². The van der Waals surface area contributed by atoms with E-state index in [9.17, 15) is 24.5 Å². The molecule has 0 fully saturated rings. The normalized spacial score (nSPS) is 10.7. The minimum atomic E-state index is -0.739. The van der Waals surface area contributed by atoms with Gasteiger partial charge in [0.25, 0.3) is 17.2 Å². The quantitative estimate of drug-likeness (QED) is 0.345. The number of nitrogens with one attached hydrogen (secondary N) is 1. The van der Waals surface area contributed by atoms with E-state index in [1.165, 1.54) is 33.7 Å². The zero-order chi connectivity index (χ0) is 22.3. The number of aromatic amines is 1. The molecule has 30 heavy (non-hydrogen) atoms. The van der Waals surface area contributed by atoms with Gasteiger partial charge in [-0.25, -0.2) is 4.79 Å². The molecule has 3 N–H and O–H groups in total. The molecule has 1 heterocycles. The Morgan fingerprint density at radius 1 is 1.13 bits per heavy atom. The van der Waals surface area contributed by atoms with E-state index in [1.807, 2.05) is 13.8 Å². The lowest BCUT2D eigenvalue weighted by Gasteiger charge is -2.24. The number of anilines is 2. The molecule has 1 aromatic heterocycles. The van der Waals surface area contributed by atoms with Crippen LogP contribution in [-0.4, -0.2) is 26.9 Å². The SMILES string of the molecule is CCCCCN(C(=O)c1ccc([N+](=O)[O-])cc1)c1c(N)n(CCCC)c(=O)[nH]c1=O. The maximum Gasteiger partial charge on any atom is 0.330 e. The smallest absolute Gasteiger partial charge is 0.330 e. The van der Waals surface area contributed by atoms with Crippen LogP contribution in [0.3, 0.4) is 0 Å². The van der Waals surface area contributed by atoms with Crippen LogP contribution in [0.25, 0.3) is 0 Å². The van der Waals surface area contributed by atoms with Gasteiger partial charge in [-0.1, -0.05) is 33.1 Å². The summed E-state index contributed by atoms with van der Waals surface area (Å²) in [5, 5.41) is 10.9. The van der Waals surface area contributed by atoms with E-state index >= 15 is 0 Å². The molecule has 2 rings (SSSR count). The summed E-state index contributed by atoms with van der Waals surface area (Å²) in [6.07, 6.45) is 3.87. The average Bonchev–Trinajstić information content (AvgIpc) is 2.72. The minimum Gasteiger partial charge on any atom is -0.383 e. The van der Waals surface area contributed by atoms with Crippen LogP contribution < -0.4 is 21.9 Å². The van der Waals surface area contributed by atoms with E-state index in [0.717, 1.165) is 19.3 Å². The number of nitrogens with zero attached hydrogens (tertiary/aromatic N) is 3. The molecule has 0 saturated carbocycles. The zero-order valence-electron chi connectivity index (χ0n) is 17.2. The van der Waals surface area contributed by atoms with Crippen molar-refractivity contribution in [2.75, 3.05) is 17.2 Å². The Balaban J connectivity index is 2.53. The molecule has 1 aromatic carbocycles. The minimum absolute atomic E-state index is 0.0658. The molecule has 0 bridgehead atoms. The summed E-state index contributed by atoms with van der Waals surface area (Å²) in [7, 11) is 0. The molecule has 0 atom stereocenters. The van der Waals surface area contributed by atoms with Gasteiger partial charge in [-0.15, -0.1) is 0 Å². The highest BCUT2D eigenvalue weighted by molar-refractivity contribution is 6.07. The molecule has 162 valence electrons. The lowest BCUT2D eigenvalue weighted by atomic mass is 10.1. The van der Waals surface area contributed by atoms with Crippen molar-refractivity contribution >= 4 is 23.1 Å². The number of hydrogen-bond donors (Lipinski definition) is 2. The van der Waals surface area contributed by atoms with E-state index in [0.29, 0.717) is 19.4 Å². The van der Waals surface area contributed by atoms with Crippen molar-refractivity contribution in [3.05, 3.63) is 60.8 Å². The summed E-state index contributed by atoms with van der Waals surface area (Å²) in [5.41, 5.74) is 4.77. The fraction of sp³-hybridized carbons (Fsp3) is 0.450. The number of aromatic nitrogens is 2. The van der Waals surface area contributed by atoms with Crippen molar-refractivity contribution in [1.82, 2.24) is 9.55 Å². The summed E-state index contributed by atoms with van der Waals surface area (Å²) in [5.74, 6) is -0.581. The number of carbonyl (C=O) groups is 1. The van der Waals surface area contributed by atoms with Crippen LogP contribution in [0.15, 0.2) is 33.9 Å². The van der Waals surface area contributed by atoms with Gasteiger partial charge in [0.15, 0.2) is 5.69 Å². The molecular weight excluding hydrogens is 390 g/mol.